The molecule has 0 radical (unpaired) electrons. The highest BCUT2D eigenvalue weighted by atomic mass is 32.1. The molecule has 0 saturated heterocycles. The average Bonchev–Trinajstić information content (AvgIpc) is 2.98. The van der Waals surface area contributed by atoms with Gasteiger partial charge in [-0.15, -0.1) is 11.3 Å². The summed E-state index contributed by atoms with van der Waals surface area (Å²) in [6.45, 7) is 8.13. The van der Waals surface area contributed by atoms with Crippen LogP contribution in [0.15, 0.2) is 40.6 Å². The molecule has 1 aliphatic heterocycles. The van der Waals surface area contributed by atoms with Crippen LogP contribution in [0.4, 0.5) is 0 Å². The van der Waals surface area contributed by atoms with Gasteiger partial charge in [0, 0.05) is 28.6 Å². The number of allylic oxidation sites excluding steroid dienone is 3. The molecule has 3 rings (SSSR count). The van der Waals surface area contributed by atoms with Crippen LogP contribution in [-0.4, -0.2) is 18.4 Å². The van der Waals surface area contributed by atoms with E-state index in [9.17, 15) is 9.59 Å². The van der Waals surface area contributed by atoms with E-state index in [4.69, 9.17) is 4.74 Å². The zero-order valence-electron chi connectivity index (χ0n) is 14.5. The molecule has 1 aromatic heterocycles. The summed E-state index contributed by atoms with van der Waals surface area (Å²) in [6, 6.07) is 3.96. The maximum absolute atomic E-state index is 12.9. The third-order valence-corrected chi connectivity index (χ3v) is 5.54. The first kappa shape index (κ1) is 17.0. The lowest BCUT2D eigenvalue weighted by atomic mass is 9.68. The third-order valence-electron chi connectivity index (χ3n) is 4.58. The monoisotopic (exact) mass is 345 g/mol. The molecule has 128 valence electrons. The van der Waals surface area contributed by atoms with Crippen LogP contribution >= 0.6 is 11.3 Å². The van der Waals surface area contributed by atoms with E-state index in [0.29, 0.717) is 18.6 Å². The van der Waals surface area contributed by atoms with Crippen molar-refractivity contribution in [2.24, 2.45) is 11.3 Å². The Bertz CT molecular complexity index is 728. The molecule has 1 aromatic rings. The highest BCUT2D eigenvalue weighted by Gasteiger charge is 2.46. The lowest BCUT2D eigenvalue weighted by molar-refractivity contribution is -0.139. The van der Waals surface area contributed by atoms with Gasteiger partial charge >= 0.3 is 5.97 Å². The van der Waals surface area contributed by atoms with E-state index in [1.807, 2.05) is 24.4 Å². The molecule has 1 N–H and O–H groups in total. The molecular formula is C19H23NO3S. The van der Waals surface area contributed by atoms with Crippen LogP contribution in [0.25, 0.3) is 0 Å². The molecule has 0 amide bonds. The van der Waals surface area contributed by atoms with E-state index in [-0.39, 0.29) is 29.0 Å². The summed E-state index contributed by atoms with van der Waals surface area (Å²) < 4.78 is 5.27. The number of hydrogen-bond acceptors (Lipinski definition) is 5. The van der Waals surface area contributed by atoms with Gasteiger partial charge in [-0.3, -0.25) is 4.79 Å². The topological polar surface area (TPSA) is 55.4 Å². The first-order valence-corrected chi connectivity index (χ1v) is 9.16. The fraction of sp³-hybridized carbons (Fsp3) is 0.474. The van der Waals surface area contributed by atoms with E-state index < -0.39 is 0 Å². The number of thiophene rings is 1. The molecule has 2 heterocycles. The number of ketones is 1. The Morgan fingerprint density at radius 1 is 1.42 bits per heavy atom. The van der Waals surface area contributed by atoms with Gasteiger partial charge in [0.25, 0.3) is 0 Å². The summed E-state index contributed by atoms with van der Waals surface area (Å²) in [5.74, 6) is -0.754. The minimum atomic E-state index is -0.336. The minimum Gasteiger partial charge on any atom is -0.463 e. The summed E-state index contributed by atoms with van der Waals surface area (Å²) >= 11 is 1.58. The van der Waals surface area contributed by atoms with E-state index in [1.165, 1.54) is 0 Å². The zero-order valence-corrected chi connectivity index (χ0v) is 15.3. The number of carbonyl (C=O) groups excluding carboxylic acids is 2. The Kier molecular flexibility index (Phi) is 4.38. The molecule has 0 bridgehead atoms. The summed E-state index contributed by atoms with van der Waals surface area (Å²) in [5.41, 5.74) is 2.10. The molecule has 2 unspecified atom stereocenters. The number of rotatable bonds is 3. The van der Waals surface area contributed by atoms with Crippen LogP contribution < -0.4 is 5.32 Å². The van der Waals surface area contributed by atoms with Crippen molar-refractivity contribution >= 4 is 23.1 Å². The Balaban J connectivity index is 2.15. The maximum atomic E-state index is 12.9. The smallest absolute Gasteiger partial charge is 0.336 e. The second-order valence-corrected chi connectivity index (χ2v) is 8.07. The van der Waals surface area contributed by atoms with Gasteiger partial charge in [0.2, 0.25) is 0 Å². The Morgan fingerprint density at radius 2 is 2.17 bits per heavy atom. The van der Waals surface area contributed by atoms with Crippen LogP contribution in [0.2, 0.25) is 0 Å². The zero-order chi connectivity index (χ0) is 17.5. The van der Waals surface area contributed by atoms with Crippen molar-refractivity contribution in [3.05, 3.63) is 45.4 Å². The van der Waals surface area contributed by atoms with Crippen molar-refractivity contribution in [3.63, 3.8) is 0 Å². The first-order valence-electron chi connectivity index (χ1n) is 8.28. The van der Waals surface area contributed by atoms with Gasteiger partial charge in [0.05, 0.1) is 18.1 Å². The summed E-state index contributed by atoms with van der Waals surface area (Å²) in [6.07, 6.45) is 2.63. The average molecular weight is 345 g/mol. The van der Waals surface area contributed by atoms with E-state index in [2.05, 4.69) is 25.2 Å². The van der Waals surface area contributed by atoms with Crippen LogP contribution in [0, 0.1) is 11.3 Å². The largest absolute Gasteiger partial charge is 0.463 e. The number of esters is 1. The number of hydrogen-bond donors (Lipinski definition) is 1. The number of ether oxygens (including phenoxy) is 1. The van der Waals surface area contributed by atoms with Crippen molar-refractivity contribution in [2.45, 2.75) is 40.0 Å². The molecule has 2 aliphatic rings. The van der Waals surface area contributed by atoms with Gasteiger partial charge in [-0.1, -0.05) is 26.0 Å². The van der Waals surface area contributed by atoms with Crippen molar-refractivity contribution in [1.29, 1.82) is 0 Å². The van der Waals surface area contributed by atoms with Crippen molar-refractivity contribution in [2.75, 3.05) is 6.61 Å². The van der Waals surface area contributed by atoms with Crippen LogP contribution in [0.5, 0.6) is 0 Å². The third kappa shape index (κ3) is 2.93. The summed E-state index contributed by atoms with van der Waals surface area (Å²) in [7, 11) is 0. The molecule has 4 nitrogen and oxygen atoms in total. The van der Waals surface area contributed by atoms with Crippen LogP contribution in [-0.2, 0) is 14.3 Å². The number of nitrogens with one attached hydrogen (secondary N) is 1. The predicted octanol–water partition coefficient (Wildman–Crippen LogP) is 3.77. The SMILES string of the molecule is CCOC(=O)C1=C(C)NC2=CC(C)(C)CC(=O)C2C1c1cccs1. The maximum Gasteiger partial charge on any atom is 0.336 e. The predicted molar refractivity (Wildman–Crippen MR) is 94.5 cm³/mol. The van der Waals surface area contributed by atoms with E-state index in [1.54, 1.807) is 18.3 Å². The van der Waals surface area contributed by atoms with Crippen LogP contribution in [0.1, 0.15) is 44.9 Å². The summed E-state index contributed by atoms with van der Waals surface area (Å²) in [5, 5.41) is 5.29. The van der Waals surface area contributed by atoms with Gasteiger partial charge in [0.15, 0.2) is 0 Å². The van der Waals surface area contributed by atoms with E-state index >= 15 is 0 Å². The highest BCUT2D eigenvalue weighted by molar-refractivity contribution is 7.10. The molecule has 0 aromatic carbocycles. The Hall–Kier alpha value is -1.88. The molecule has 1 aliphatic carbocycles. The quantitative estimate of drug-likeness (QED) is 0.847. The fourth-order valence-electron chi connectivity index (χ4n) is 3.72. The molecule has 0 fully saturated rings. The van der Waals surface area contributed by atoms with Gasteiger partial charge in [-0.2, -0.15) is 0 Å². The molecule has 0 spiro atoms. The minimum absolute atomic E-state index is 0.169. The first-order chi connectivity index (χ1) is 11.3. The second-order valence-electron chi connectivity index (χ2n) is 7.09. The van der Waals surface area contributed by atoms with Gasteiger partial charge in [-0.05, 0) is 30.7 Å². The molecule has 0 saturated carbocycles. The normalized spacial score (nSPS) is 25.7. The van der Waals surface area contributed by atoms with Crippen molar-refractivity contribution in [1.82, 2.24) is 5.32 Å². The Morgan fingerprint density at radius 3 is 2.79 bits per heavy atom. The number of fused-ring (bicyclic) bond motifs is 1. The lowest BCUT2D eigenvalue weighted by Gasteiger charge is -2.40. The van der Waals surface area contributed by atoms with Crippen LogP contribution in [0.3, 0.4) is 0 Å². The molecule has 24 heavy (non-hydrogen) atoms. The molecule has 2 atom stereocenters. The fourth-order valence-corrected chi connectivity index (χ4v) is 4.59. The van der Waals surface area contributed by atoms with Gasteiger partial charge < -0.3 is 10.1 Å². The second kappa shape index (κ2) is 6.20. The molecule has 5 heteroatoms. The number of carbonyl (C=O) groups is 2. The van der Waals surface area contributed by atoms with Gasteiger partial charge in [-0.25, -0.2) is 4.79 Å². The lowest BCUT2D eigenvalue weighted by Crippen LogP contribution is -2.43. The highest BCUT2D eigenvalue weighted by Crippen LogP contribution is 2.47. The van der Waals surface area contributed by atoms with Crippen molar-refractivity contribution in [3.8, 4) is 0 Å². The van der Waals surface area contributed by atoms with Gasteiger partial charge in [0.1, 0.15) is 5.78 Å². The van der Waals surface area contributed by atoms with E-state index in [0.717, 1.165) is 16.3 Å². The molecular weight excluding hydrogens is 322 g/mol. The van der Waals surface area contributed by atoms with Crippen molar-refractivity contribution < 1.29 is 14.3 Å². The Labute approximate surface area is 146 Å². The summed E-state index contributed by atoms with van der Waals surface area (Å²) in [4.78, 5) is 26.5. The number of Topliss-reactive ketones (excluding diaryl/α,β-unsaturated/α-hetero) is 1. The standard InChI is InChI=1S/C19H23NO3S/c1-5-23-18(22)15-11(2)20-12-9-19(3,4)10-13(21)16(12)17(15)14-7-6-8-24-14/h6-9,16-17,20H,5,10H2,1-4H3.